The first kappa shape index (κ1) is 12.9. The molecule has 1 aromatic heterocycles. The maximum atomic E-state index is 11.6. The second-order valence-electron chi connectivity index (χ2n) is 2.04. The van der Waals surface area contributed by atoms with Crippen LogP contribution in [-0.4, -0.2) is 6.98 Å². The first-order valence-electron chi connectivity index (χ1n) is 2.99. The minimum Gasteiger partial charge on any atom is -0.445 e. The van der Waals surface area contributed by atoms with Crippen LogP contribution in [0.15, 0.2) is 22.8 Å². The molecule has 1 heterocycles. The molecule has 60 valence electrons. The number of halogens is 3. The minimum atomic E-state index is -4.78. The Labute approximate surface area is 115 Å². The maximum absolute atomic E-state index is 11.6. The Morgan fingerprint density at radius 3 is 2.42 bits per heavy atom. The van der Waals surface area contributed by atoms with E-state index in [-0.39, 0.29) is 51.4 Å². The van der Waals surface area contributed by atoms with E-state index in [1.165, 1.54) is 11.3 Å². The average molecular weight is 216 g/mol. The first-order chi connectivity index (χ1) is 5.08. The van der Waals surface area contributed by atoms with Gasteiger partial charge in [0.05, 0.1) is 0 Å². The summed E-state index contributed by atoms with van der Waals surface area (Å²) in [5.41, 5.74) is 0.606. The number of thiophene rings is 1. The Morgan fingerprint density at radius 1 is 1.33 bits per heavy atom. The molecule has 1 aromatic rings. The summed E-state index contributed by atoms with van der Waals surface area (Å²) in [7, 11) is 0. The number of rotatable bonds is 2. The predicted molar refractivity (Wildman–Crippen MR) is 42.4 cm³/mol. The summed E-state index contributed by atoms with van der Waals surface area (Å²) in [6.07, 6.45) is 1.08. The third-order valence-corrected chi connectivity index (χ3v) is 1.75. The molecule has 0 aliphatic heterocycles. The summed E-state index contributed by atoms with van der Waals surface area (Å²) in [6, 6.07) is 1.64. The molecule has 0 N–H and O–H groups in total. The molecule has 0 radical (unpaired) electrons. The van der Waals surface area contributed by atoms with Crippen molar-refractivity contribution in [2.24, 2.45) is 0 Å². The molecule has 0 saturated carbocycles. The van der Waals surface area contributed by atoms with Gasteiger partial charge in [-0.1, -0.05) is 6.08 Å². The van der Waals surface area contributed by atoms with Crippen molar-refractivity contribution in [1.29, 1.82) is 0 Å². The zero-order valence-electron chi connectivity index (χ0n) is 6.51. The van der Waals surface area contributed by atoms with E-state index in [0.717, 1.165) is 6.08 Å². The van der Waals surface area contributed by atoms with Crippen LogP contribution in [0.2, 0.25) is 0 Å². The summed E-state index contributed by atoms with van der Waals surface area (Å²) in [5.74, 6) is 0.294. The van der Waals surface area contributed by atoms with E-state index in [1.807, 2.05) is 0 Å². The van der Waals surface area contributed by atoms with Crippen molar-refractivity contribution in [3.63, 3.8) is 0 Å². The van der Waals surface area contributed by atoms with Gasteiger partial charge in [-0.3, -0.25) is 0 Å². The molecule has 12 heavy (non-hydrogen) atoms. The third-order valence-electron chi connectivity index (χ3n) is 1.05. The van der Waals surface area contributed by atoms with Crippen molar-refractivity contribution in [3.05, 3.63) is 28.4 Å². The zero-order valence-corrected chi connectivity index (χ0v) is 10.4. The van der Waals surface area contributed by atoms with Gasteiger partial charge in [0, 0.05) is 0 Å². The molecule has 0 unspecified atom stereocenters. The molecule has 0 aromatic carbocycles. The van der Waals surface area contributed by atoms with Crippen molar-refractivity contribution in [2.75, 3.05) is 0 Å². The van der Waals surface area contributed by atoms with Crippen molar-refractivity contribution in [3.8, 4) is 0 Å². The predicted octanol–water partition coefficient (Wildman–Crippen LogP) is 0.152. The van der Waals surface area contributed by atoms with Crippen LogP contribution in [0.5, 0.6) is 0 Å². The molecule has 0 aliphatic carbocycles. The van der Waals surface area contributed by atoms with Crippen LogP contribution >= 0.6 is 11.3 Å². The van der Waals surface area contributed by atoms with Gasteiger partial charge in [-0.15, -0.1) is 5.98 Å². The van der Waals surface area contributed by atoms with Gasteiger partial charge < -0.3 is 12.9 Å². The molecule has 6 heteroatoms. The largest absolute Gasteiger partial charge is 1.00 e. The Kier molecular flexibility index (Phi) is 6.05. The molecule has 0 aliphatic rings. The summed E-state index contributed by atoms with van der Waals surface area (Å²) < 4.78 is 34.9. The van der Waals surface area contributed by atoms with Crippen LogP contribution in [0.3, 0.4) is 0 Å². The second kappa shape index (κ2) is 5.62. The topological polar surface area (TPSA) is 0 Å². The number of hydrogen-bond acceptors (Lipinski definition) is 1. The van der Waals surface area contributed by atoms with Gasteiger partial charge in [-0.05, 0) is 22.4 Å². The molecule has 0 bridgehead atoms. The molecule has 0 atom stereocenters. The quantitative estimate of drug-likeness (QED) is 0.617. The molecule has 0 nitrogen and oxygen atoms in total. The van der Waals surface area contributed by atoms with Gasteiger partial charge in [-0.2, -0.15) is 11.3 Å². The van der Waals surface area contributed by atoms with E-state index in [0.29, 0.717) is 11.5 Å². The van der Waals surface area contributed by atoms with Crippen LogP contribution in [0.4, 0.5) is 12.9 Å². The maximum Gasteiger partial charge on any atom is 1.00 e. The SMILES string of the molecule is F[B-](F)(F)/C=C/c1ccsc1.[K+]. The minimum absolute atomic E-state index is 0. The fourth-order valence-corrected chi connectivity index (χ4v) is 1.22. The van der Waals surface area contributed by atoms with E-state index in [2.05, 4.69) is 0 Å². The van der Waals surface area contributed by atoms with E-state index in [1.54, 1.807) is 16.8 Å². The molecule has 0 saturated heterocycles. The van der Waals surface area contributed by atoms with Crippen molar-refractivity contribution >= 4 is 24.4 Å². The summed E-state index contributed by atoms with van der Waals surface area (Å²) in [4.78, 5) is 0. The molecule has 0 amide bonds. The summed E-state index contributed by atoms with van der Waals surface area (Å²) >= 11 is 1.38. The first-order valence-corrected chi connectivity index (χ1v) is 3.93. The van der Waals surface area contributed by atoms with E-state index < -0.39 is 6.98 Å². The van der Waals surface area contributed by atoms with Gasteiger partial charge in [0.2, 0.25) is 0 Å². The Balaban J connectivity index is 0.00000121. The van der Waals surface area contributed by atoms with Crippen molar-refractivity contribution < 1.29 is 64.3 Å². The fraction of sp³-hybridized carbons (Fsp3) is 0. The number of hydrogen-bond donors (Lipinski definition) is 0. The second-order valence-corrected chi connectivity index (χ2v) is 2.82. The van der Waals surface area contributed by atoms with E-state index in [4.69, 9.17) is 0 Å². The van der Waals surface area contributed by atoms with E-state index in [9.17, 15) is 12.9 Å². The Bertz CT molecular complexity index is 242. The average Bonchev–Trinajstić information content (AvgIpc) is 2.32. The molecule has 0 fully saturated rings. The molecule has 1 rings (SSSR count). The van der Waals surface area contributed by atoms with Gasteiger partial charge >= 0.3 is 58.4 Å². The standard InChI is InChI=1S/C6H5BF3S.K/c8-7(9,10)3-1-6-2-4-11-5-6;/h1-5H;/q-1;+1/b3-1+;. The van der Waals surface area contributed by atoms with Crippen LogP contribution < -0.4 is 51.4 Å². The van der Waals surface area contributed by atoms with Crippen molar-refractivity contribution in [1.82, 2.24) is 0 Å². The normalized spacial score (nSPS) is 11.6. The molecule has 0 spiro atoms. The zero-order chi connectivity index (χ0) is 8.32. The third kappa shape index (κ3) is 5.56. The summed E-state index contributed by atoms with van der Waals surface area (Å²) in [6.45, 7) is -4.78. The molecular weight excluding hydrogens is 211 g/mol. The molecular formula is C6H5BF3KS. The fourth-order valence-electron chi connectivity index (χ4n) is 0.590. The van der Waals surface area contributed by atoms with Gasteiger partial charge in [0.15, 0.2) is 0 Å². The van der Waals surface area contributed by atoms with Crippen LogP contribution in [-0.2, 0) is 0 Å². The van der Waals surface area contributed by atoms with Gasteiger partial charge in [-0.25, -0.2) is 0 Å². The van der Waals surface area contributed by atoms with Gasteiger partial charge in [0.1, 0.15) is 0 Å². The Hall–Kier alpha value is 0.931. The van der Waals surface area contributed by atoms with E-state index >= 15 is 0 Å². The van der Waals surface area contributed by atoms with Crippen LogP contribution in [0.1, 0.15) is 5.56 Å². The Morgan fingerprint density at radius 2 is 2.00 bits per heavy atom. The monoisotopic (exact) mass is 216 g/mol. The summed E-state index contributed by atoms with van der Waals surface area (Å²) in [5, 5.41) is 3.40. The van der Waals surface area contributed by atoms with Gasteiger partial charge in [0.25, 0.3) is 0 Å². The smallest absolute Gasteiger partial charge is 0.445 e. The van der Waals surface area contributed by atoms with Crippen LogP contribution in [0.25, 0.3) is 6.08 Å². The van der Waals surface area contributed by atoms with Crippen molar-refractivity contribution in [2.45, 2.75) is 0 Å². The van der Waals surface area contributed by atoms with Crippen LogP contribution in [0, 0.1) is 0 Å².